The number of nitrogens with two attached hydrogens (primary N) is 1. The Hall–Kier alpha value is -0.570. The monoisotopic (exact) mass is 255 g/mol. The maximum absolute atomic E-state index is 11.7. The van der Waals surface area contributed by atoms with E-state index < -0.39 is 0 Å². The SMILES string of the molecule is CCC1CCCC(OC(=O)CCCCCCN)C1. The van der Waals surface area contributed by atoms with Gasteiger partial charge in [0.1, 0.15) is 6.10 Å². The third kappa shape index (κ3) is 6.39. The van der Waals surface area contributed by atoms with E-state index >= 15 is 0 Å². The number of hydrogen-bond donors (Lipinski definition) is 1. The van der Waals surface area contributed by atoms with Crippen LogP contribution in [0, 0.1) is 5.92 Å². The van der Waals surface area contributed by atoms with Crippen molar-refractivity contribution in [3.63, 3.8) is 0 Å². The maximum Gasteiger partial charge on any atom is 0.306 e. The molecule has 0 aliphatic heterocycles. The summed E-state index contributed by atoms with van der Waals surface area (Å²) in [5, 5.41) is 0. The van der Waals surface area contributed by atoms with E-state index in [1.807, 2.05) is 0 Å². The Labute approximate surface area is 111 Å². The van der Waals surface area contributed by atoms with Gasteiger partial charge >= 0.3 is 5.97 Å². The summed E-state index contributed by atoms with van der Waals surface area (Å²) in [5.41, 5.74) is 5.43. The summed E-state index contributed by atoms with van der Waals surface area (Å²) in [5.74, 6) is 0.769. The zero-order valence-corrected chi connectivity index (χ0v) is 11.8. The number of carbonyl (C=O) groups is 1. The van der Waals surface area contributed by atoms with Crippen LogP contribution >= 0.6 is 0 Å². The number of unbranched alkanes of at least 4 members (excludes halogenated alkanes) is 3. The number of carbonyl (C=O) groups excluding carboxylic acids is 1. The number of rotatable bonds is 8. The molecule has 3 heteroatoms. The molecule has 2 atom stereocenters. The van der Waals surface area contributed by atoms with Gasteiger partial charge in [-0.1, -0.05) is 32.6 Å². The van der Waals surface area contributed by atoms with Crippen molar-refractivity contribution < 1.29 is 9.53 Å². The number of ether oxygens (including phenoxy) is 1. The Kier molecular flexibility index (Phi) is 8.06. The zero-order chi connectivity index (χ0) is 13.2. The molecule has 0 saturated heterocycles. The van der Waals surface area contributed by atoms with Crippen molar-refractivity contribution in [2.45, 2.75) is 77.2 Å². The fourth-order valence-corrected chi connectivity index (χ4v) is 2.73. The first-order valence-corrected chi connectivity index (χ1v) is 7.65. The normalized spacial score (nSPS) is 23.9. The molecule has 18 heavy (non-hydrogen) atoms. The predicted molar refractivity (Wildman–Crippen MR) is 74.3 cm³/mol. The van der Waals surface area contributed by atoms with Crippen molar-refractivity contribution in [1.82, 2.24) is 0 Å². The average Bonchev–Trinajstić information content (AvgIpc) is 2.38. The lowest BCUT2D eigenvalue weighted by atomic mass is 9.85. The van der Waals surface area contributed by atoms with E-state index in [9.17, 15) is 4.79 Å². The van der Waals surface area contributed by atoms with Gasteiger partial charge in [-0.25, -0.2) is 0 Å². The van der Waals surface area contributed by atoms with Crippen molar-refractivity contribution in [2.75, 3.05) is 6.54 Å². The molecule has 1 rings (SSSR count). The van der Waals surface area contributed by atoms with Crippen LogP contribution in [-0.4, -0.2) is 18.6 Å². The van der Waals surface area contributed by atoms with Crippen LogP contribution in [0.5, 0.6) is 0 Å². The summed E-state index contributed by atoms with van der Waals surface area (Å²) >= 11 is 0. The molecule has 0 bridgehead atoms. The minimum atomic E-state index is 0.00417. The van der Waals surface area contributed by atoms with Gasteiger partial charge in [-0.15, -0.1) is 0 Å². The second-order valence-corrected chi connectivity index (χ2v) is 5.51. The van der Waals surface area contributed by atoms with Gasteiger partial charge in [-0.2, -0.15) is 0 Å². The molecule has 0 radical (unpaired) electrons. The molecule has 0 amide bonds. The van der Waals surface area contributed by atoms with Crippen LogP contribution < -0.4 is 5.73 Å². The maximum atomic E-state index is 11.7. The van der Waals surface area contributed by atoms with Gasteiger partial charge in [0, 0.05) is 6.42 Å². The standard InChI is InChI=1S/C15H29NO2/c1-2-13-8-7-9-14(12-13)18-15(17)10-5-3-4-6-11-16/h13-14H,2-12,16H2,1H3. The molecule has 1 saturated carbocycles. The summed E-state index contributed by atoms with van der Waals surface area (Å²) in [4.78, 5) is 11.7. The highest BCUT2D eigenvalue weighted by Gasteiger charge is 2.23. The van der Waals surface area contributed by atoms with Gasteiger partial charge in [0.2, 0.25) is 0 Å². The lowest BCUT2D eigenvalue weighted by Crippen LogP contribution is -2.25. The Bertz CT molecular complexity index is 231. The van der Waals surface area contributed by atoms with E-state index in [1.165, 1.54) is 19.3 Å². The van der Waals surface area contributed by atoms with Gasteiger partial charge in [-0.05, 0) is 44.6 Å². The average molecular weight is 255 g/mol. The van der Waals surface area contributed by atoms with Crippen molar-refractivity contribution in [3.8, 4) is 0 Å². The van der Waals surface area contributed by atoms with E-state index in [2.05, 4.69) is 6.92 Å². The first kappa shape index (κ1) is 15.5. The van der Waals surface area contributed by atoms with E-state index in [0.29, 0.717) is 6.42 Å². The molecule has 0 aromatic carbocycles. The predicted octanol–water partition coefficient (Wildman–Crippen LogP) is 3.41. The van der Waals surface area contributed by atoms with Crippen molar-refractivity contribution in [3.05, 3.63) is 0 Å². The summed E-state index contributed by atoms with van der Waals surface area (Å²) in [6, 6.07) is 0. The van der Waals surface area contributed by atoms with E-state index in [0.717, 1.165) is 51.0 Å². The second-order valence-electron chi connectivity index (χ2n) is 5.51. The summed E-state index contributed by atoms with van der Waals surface area (Å²) in [6.45, 7) is 2.98. The van der Waals surface area contributed by atoms with Crippen LogP contribution in [0.1, 0.15) is 71.1 Å². The minimum absolute atomic E-state index is 0.00417. The number of esters is 1. The molecule has 1 fully saturated rings. The molecule has 0 aromatic heterocycles. The van der Waals surface area contributed by atoms with Gasteiger partial charge in [0.05, 0.1) is 0 Å². The fourth-order valence-electron chi connectivity index (χ4n) is 2.73. The second kappa shape index (κ2) is 9.37. The van der Waals surface area contributed by atoms with Crippen molar-refractivity contribution in [2.24, 2.45) is 11.7 Å². The first-order chi connectivity index (χ1) is 8.76. The van der Waals surface area contributed by atoms with E-state index in [4.69, 9.17) is 10.5 Å². The lowest BCUT2D eigenvalue weighted by molar-refractivity contribution is -0.151. The van der Waals surface area contributed by atoms with Gasteiger partial charge in [0.15, 0.2) is 0 Å². The third-order valence-corrected chi connectivity index (χ3v) is 3.95. The van der Waals surface area contributed by atoms with Crippen LogP contribution in [0.3, 0.4) is 0 Å². The molecule has 3 nitrogen and oxygen atoms in total. The lowest BCUT2D eigenvalue weighted by Gasteiger charge is -2.28. The summed E-state index contributed by atoms with van der Waals surface area (Å²) < 4.78 is 5.57. The highest BCUT2D eigenvalue weighted by Crippen LogP contribution is 2.28. The van der Waals surface area contributed by atoms with Gasteiger partial charge in [0.25, 0.3) is 0 Å². The molecule has 0 spiro atoms. The third-order valence-electron chi connectivity index (χ3n) is 3.95. The van der Waals surface area contributed by atoms with Crippen LogP contribution in [0.4, 0.5) is 0 Å². The fraction of sp³-hybridized carbons (Fsp3) is 0.933. The van der Waals surface area contributed by atoms with Crippen LogP contribution in [-0.2, 0) is 9.53 Å². The first-order valence-electron chi connectivity index (χ1n) is 7.65. The molecular weight excluding hydrogens is 226 g/mol. The topological polar surface area (TPSA) is 52.3 Å². The largest absolute Gasteiger partial charge is 0.462 e. The van der Waals surface area contributed by atoms with Crippen LogP contribution in [0.2, 0.25) is 0 Å². The zero-order valence-electron chi connectivity index (χ0n) is 11.8. The highest BCUT2D eigenvalue weighted by molar-refractivity contribution is 5.69. The molecule has 0 heterocycles. The Morgan fingerprint density at radius 2 is 2.00 bits per heavy atom. The molecule has 2 N–H and O–H groups in total. The number of hydrogen-bond acceptors (Lipinski definition) is 3. The molecular formula is C15H29NO2. The molecule has 2 unspecified atom stereocenters. The molecule has 0 aromatic rings. The van der Waals surface area contributed by atoms with Crippen LogP contribution in [0.25, 0.3) is 0 Å². The van der Waals surface area contributed by atoms with E-state index in [-0.39, 0.29) is 12.1 Å². The summed E-state index contributed by atoms with van der Waals surface area (Å²) in [6.07, 6.45) is 10.9. The Morgan fingerprint density at radius 1 is 1.22 bits per heavy atom. The minimum Gasteiger partial charge on any atom is -0.462 e. The quantitative estimate of drug-likeness (QED) is 0.534. The summed E-state index contributed by atoms with van der Waals surface area (Å²) in [7, 11) is 0. The Balaban J connectivity index is 2.08. The van der Waals surface area contributed by atoms with E-state index in [1.54, 1.807) is 0 Å². The van der Waals surface area contributed by atoms with Gasteiger partial charge in [-0.3, -0.25) is 4.79 Å². The molecule has 1 aliphatic carbocycles. The van der Waals surface area contributed by atoms with Crippen molar-refractivity contribution in [1.29, 1.82) is 0 Å². The molecule has 106 valence electrons. The Morgan fingerprint density at radius 3 is 2.72 bits per heavy atom. The van der Waals surface area contributed by atoms with Crippen molar-refractivity contribution >= 4 is 5.97 Å². The highest BCUT2D eigenvalue weighted by atomic mass is 16.5. The van der Waals surface area contributed by atoms with Gasteiger partial charge < -0.3 is 10.5 Å². The smallest absolute Gasteiger partial charge is 0.306 e. The van der Waals surface area contributed by atoms with Crippen LogP contribution in [0.15, 0.2) is 0 Å². The molecule has 1 aliphatic rings.